The zero-order valence-corrected chi connectivity index (χ0v) is 7.88. The van der Waals surface area contributed by atoms with Crippen LogP contribution in [0.2, 0.25) is 0 Å². The molecule has 2 aromatic rings. The van der Waals surface area contributed by atoms with Crippen molar-refractivity contribution in [1.29, 1.82) is 5.26 Å². The molecule has 1 N–H and O–H groups in total. The molecule has 2 rings (SSSR count). The lowest BCUT2D eigenvalue weighted by Gasteiger charge is -2.03. The van der Waals surface area contributed by atoms with Gasteiger partial charge in [-0.2, -0.15) is 5.26 Å². The molecule has 0 saturated heterocycles. The van der Waals surface area contributed by atoms with Gasteiger partial charge in [-0.05, 0) is 24.3 Å². The Bertz CT molecular complexity index is 487. The minimum absolute atomic E-state index is 0.580. The maximum absolute atomic E-state index is 8.71. The van der Waals surface area contributed by atoms with E-state index in [1.807, 2.05) is 12.1 Å². The molecule has 0 saturated carbocycles. The van der Waals surface area contributed by atoms with Crippen molar-refractivity contribution in [2.24, 2.45) is 0 Å². The summed E-state index contributed by atoms with van der Waals surface area (Å²) in [6, 6.07) is 9.12. The molecule has 0 aliphatic carbocycles. The van der Waals surface area contributed by atoms with Gasteiger partial charge in [-0.1, -0.05) is 0 Å². The molecular weight excluding hydrogens is 188 g/mol. The van der Waals surface area contributed by atoms with Gasteiger partial charge in [0.2, 0.25) is 0 Å². The number of hydrogen-bond donors (Lipinski definition) is 1. The minimum Gasteiger partial charge on any atom is -0.339 e. The fourth-order valence-electron chi connectivity index (χ4n) is 1.15. The molecule has 15 heavy (non-hydrogen) atoms. The van der Waals surface area contributed by atoms with Gasteiger partial charge in [0.25, 0.3) is 0 Å². The van der Waals surface area contributed by atoms with Crippen LogP contribution in [-0.4, -0.2) is 9.97 Å². The highest BCUT2D eigenvalue weighted by atomic mass is 15.0. The molecule has 0 radical (unpaired) electrons. The van der Waals surface area contributed by atoms with Crippen molar-refractivity contribution in [2.45, 2.75) is 0 Å². The summed E-state index contributed by atoms with van der Waals surface area (Å²) in [6.07, 6.45) is 4.99. The van der Waals surface area contributed by atoms with Crippen LogP contribution in [0.4, 0.5) is 11.5 Å². The Hall–Kier alpha value is -2.41. The molecule has 2 heterocycles. The molecule has 4 heteroatoms. The third-order valence-corrected chi connectivity index (χ3v) is 1.82. The van der Waals surface area contributed by atoms with E-state index >= 15 is 0 Å². The van der Waals surface area contributed by atoms with Crippen LogP contribution in [0.15, 0.2) is 42.9 Å². The van der Waals surface area contributed by atoms with Crippen molar-refractivity contribution < 1.29 is 0 Å². The zero-order chi connectivity index (χ0) is 10.5. The van der Waals surface area contributed by atoms with Gasteiger partial charge in [-0.25, -0.2) is 4.98 Å². The summed E-state index contributed by atoms with van der Waals surface area (Å²) in [7, 11) is 0. The summed E-state index contributed by atoms with van der Waals surface area (Å²) in [5, 5.41) is 11.8. The number of nitrogens with one attached hydrogen (secondary N) is 1. The molecule has 0 aliphatic heterocycles. The lowest BCUT2D eigenvalue weighted by molar-refractivity contribution is 1.27. The Morgan fingerprint density at radius 1 is 1.27 bits per heavy atom. The van der Waals surface area contributed by atoms with Crippen molar-refractivity contribution in [3.05, 3.63) is 48.4 Å². The Kier molecular flexibility index (Phi) is 2.56. The van der Waals surface area contributed by atoms with Crippen LogP contribution in [-0.2, 0) is 0 Å². The molecular formula is C11H8N4. The summed E-state index contributed by atoms with van der Waals surface area (Å²) >= 11 is 0. The first-order valence-corrected chi connectivity index (χ1v) is 4.42. The van der Waals surface area contributed by atoms with Gasteiger partial charge < -0.3 is 5.32 Å². The van der Waals surface area contributed by atoms with Crippen LogP contribution >= 0.6 is 0 Å². The second kappa shape index (κ2) is 4.20. The number of aromatic nitrogens is 2. The highest BCUT2D eigenvalue weighted by molar-refractivity contribution is 5.56. The van der Waals surface area contributed by atoms with E-state index in [4.69, 9.17) is 5.26 Å². The number of nitriles is 1. The fraction of sp³-hybridized carbons (Fsp3) is 0. The average Bonchev–Trinajstić information content (AvgIpc) is 2.31. The Morgan fingerprint density at radius 3 is 2.93 bits per heavy atom. The standard InChI is InChI=1S/C11H8N4/c12-7-9-3-5-14-11(6-9)15-10-2-1-4-13-8-10/h1-6,8H,(H,14,15). The van der Waals surface area contributed by atoms with Crippen LogP contribution in [0, 0.1) is 11.3 Å². The molecule has 0 unspecified atom stereocenters. The van der Waals surface area contributed by atoms with E-state index in [-0.39, 0.29) is 0 Å². The number of hydrogen-bond acceptors (Lipinski definition) is 4. The quantitative estimate of drug-likeness (QED) is 0.798. The molecule has 0 fully saturated rings. The molecule has 4 nitrogen and oxygen atoms in total. The number of nitrogens with zero attached hydrogens (tertiary/aromatic N) is 3. The predicted molar refractivity (Wildman–Crippen MR) is 56.5 cm³/mol. The molecule has 2 aromatic heterocycles. The van der Waals surface area contributed by atoms with Gasteiger partial charge in [0.05, 0.1) is 23.5 Å². The van der Waals surface area contributed by atoms with E-state index < -0.39 is 0 Å². The van der Waals surface area contributed by atoms with Crippen LogP contribution in [0.1, 0.15) is 5.56 Å². The highest BCUT2D eigenvalue weighted by Crippen LogP contribution is 2.13. The fourth-order valence-corrected chi connectivity index (χ4v) is 1.15. The molecule has 0 bridgehead atoms. The van der Waals surface area contributed by atoms with Crippen LogP contribution in [0.5, 0.6) is 0 Å². The maximum atomic E-state index is 8.71. The van der Waals surface area contributed by atoms with Gasteiger partial charge >= 0.3 is 0 Å². The van der Waals surface area contributed by atoms with Crippen molar-refractivity contribution in [3.8, 4) is 6.07 Å². The minimum atomic E-state index is 0.580. The van der Waals surface area contributed by atoms with E-state index in [2.05, 4.69) is 21.4 Å². The lowest BCUT2D eigenvalue weighted by atomic mass is 10.3. The summed E-state index contributed by atoms with van der Waals surface area (Å²) < 4.78 is 0. The highest BCUT2D eigenvalue weighted by Gasteiger charge is 1.96. The van der Waals surface area contributed by atoms with E-state index in [0.717, 1.165) is 5.69 Å². The molecule has 0 amide bonds. The van der Waals surface area contributed by atoms with Crippen molar-refractivity contribution in [2.75, 3.05) is 5.32 Å². The van der Waals surface area contributed by atoms with Gasteiger partial charge in [-0.15, -0.1) is 0 Å². The van der Waals surface area contributed by atoms with Crippen molar-refractivity contribution in [3.63, 3.8) is 0 Å². The first-order valence-electron chi connectivity index (χ1n) is 4.42. The van der Waals surface area contributed by atoms with E-state index in [0.29, 0.717) is 11.4 Å². The third-order valence-electron chi connectivity index (χ3n) is 1.82. The van der Waals surface area contributed by atoms with E-state index in [1.54, 1.807) is 30.7 Å². The lowest BCUT2D eigenvalue weighted by Crippen LogP contribution is -1.93. The topological polar surface area (TPSA) is 61.6 Å². The average molecular weight is 196 g/mol. The van der Waals surface area contributed by atoms with Crippen molar-refractivity contribution in [1.82, 2.24) is 9.97 Å². The molecule has 0 spiro atoms. The van der Waals surface area contributed by atoms with Gasteiger partial charge in [-0.3, -0.25) is 4.98 Å². The third kappa shape index (κ3) is 2.29. The smallest absolute Gasteiger partial charge is 0.131 e. The van der Waals surface area contributed by atoms with Gasteiger partial charge in [0.1, 0.15) is 5.82 Å². The first-order chi connectivity index (χ1) is 7.38. The van der Waals surface area contributed by atoms with Crippen molar-refractivity contribution >= 4 is 11.5 Å². The van der Waals surface area contributed by atoms with Gasteiger partial charge in [0, 0.05) is 12.4 Å². The number of anilines is 2. The number of rotatable bonds is 2. The second-order valence-corrected chi connectivity index (χ2v) is 2.91. The summed E-state index contributed by atoms with van der Waals surface area (Å²) in [5.74, 6) is 0.641. The Labute approximate surface area is 87.2 Å². The molecule has 0 atom stereocenters. The summed E-state index contributed by atoms with van der Waals surface area (Å²) in [4.78, 5) is 8.06. The monoisotopic (exact) mass is 196 g/mol. The van der Waals surface area contributed by atoms with E-state index in [1.165, 1.54) is 0 Å². The van der Waals surface area contributed by atoms with Crippen LogP contribution in [0.25, 0.3) is 0 Å². The second-order valence-electron chi connectivity index (χ2n) is 2.91. The first kappa shape index (κ1) is 9.16. The molecule has 0 aliphatic rings. The number of pyridine rings is 2. The Morgan fingerprint density at radius 2 is 2.20 bits per heavy atom. The normalized spacial score (nSPS) is 9.27. The molecule has 72 valence electrons. The van der Waals surface area contributed by atoms with E-state index in [9.17, 15) is 0 Å². The summed E-state index contributed by atoms with van der Waals surface area (Å²) in [6.45, 7) is 0. The maximum Gasteiger partial charge on any atom is 0.131 e. The largest absolute Gasteiger partial charge is 0.339 e. The van der Waals surface area contributed by atoms with Crippen LogP contribution in [0.3, 0.4) is 0 Å². The molecule has 0 aromatic carbocycles. The summed E-state index contributed by atoms with van der Waals surface area (Å²) in [5.41, 5.74) is 1.43. The zero-order valence-electron chi connectivity index (χ0n) is 7.88. The Balaban J connectivity index is 2.22. The van der Waals surface area contributed by atoms with Crippen LogP contribution < -0.4 is 5.32 Å². The van der Waals surface area contributed by atoms with Gasteiger partial charge in [0.15, 0.2) is 0 Å². The SMILES string of the molecule is N#Cc1ccnc(Nc2cccnc2)c1. The predicted octanol–water partition coefficient (Wildman–Crippen LogP) is 2.09.